The minimum Gasteiger partial charge on any atom is -0.481 e. The van der Waals surface area contributed by atoms with Gasteiger partial charge >= 0.3 is 0 Å². The maximum Gasteiger partial charge on any atom is 0.267 e. The number of aryl methyl sites for hydroxylation is 1. The van der Waals surface area contributed by atoms with E-state index in [0.29, 0.717) is 16.7 Å². The molecule has 1 saturated carbocycles. The first kappa shape index (κ1) is 17.1. The Morgan fingerprint density at radius 2 is 2.14 bits per heavy atom. The number of nitrogens with zero attached hydrogens (tertiary/aromatic N) is 2. The first-order valence-electron chi connectivity index (χ1n) is 7.04. The smallest absolute Gasteiger partial charge is 0.267 e. The second kappa shape index (κ2) is 6.44. The maximum absolute atomic E-state index is 6.19. The largest absolute Gasteiger partial charge is 0.481 e. The SMILES string of the molecule is Cc1cc(Cl)ccc1OC(C)c1nc(C2(N)CCC2)no1.Cl. The molecule has 2 N–H and O–H groups in total. The van der Waals surface area contributed by atoms with E-state index in [4.69, 9.17) is 26.6 Å². The Kier molecular flexibility index (Phi) is 5.00. The molecule has 0 radical (unpaired) electrons. The molecule has 7 heteroatoms. The Morgan fingerprint density at radius 3 is 2.73 bits per heavy atom. The van der Waals surface area contributed by atoms with E-state index in [2.05, 4.69) is 10.1 Å². The molecular weight excluding hydrogens is 325 g/mol. The van der Waals surface area contributed by atoms with Crippen molar-refractivity contribution in [3.63, 3.8) is 0 Å². The quantitative estimate of drug-likeness (QED) is 0.910. The van der Waals surface area contributed by atoms with Gasteiger partial charge in [0, 0.05) is 5.02 Å². The van der Waals surface area contributed by atoms with Crippen molar-refractivity contribution in [1.29, 1.82) is 0 Å². The molecule has 0 amide bonds. The van der Waals surface area contributed by atoms with E-state index >= 15 is 0 Å². The highest BCUT2D eigenvalue weighted by Crippen LogP contribution is 2.37. The van der Waals surface area contributed by atoms with Gasteiger partial charge in [-0.25, -0.2) is 0 Å². The summed E-state index contributed by atoms with van der Waals surface area (Å²) in [6.07, 6.45) is 2.57. The minimum absolute atomic E-state index is 0. The summed E-state index contributed by atoms with van der Waals surface area (Å²) in [5.41, 5.74) is 6.73. The lowest BCUT2D eigenvalue weighted by Gasteiger charge is -2.34. The second-order valence-corrected chi connectivity index (χ2v) is 6.07. The number of rotatable bonds is 4. The van der Waals surface area contributed by atoms with Crippen molar-refractivity contribution in [2.75, 3.05) is 0 Å². The Hall–Kier alpha value is -1.30. The van der Waals surface area contributed by atoms with Crippen LogP contribution in [0.5, 0.6) is 5.75 Å². The van der Waals surface area contributed by atoms with Crippen LogP contribution < -0.4 is 10.5 Å². The summed E-state index contributed by atoms with van der Waals surface area (Å²) in [5.74, 6) is 1.76. The number of hydrogen-bond donors (Lipinski definition) is 1. The summed E-state index contributed by atoms with van der Waals surface area (Å²) in [4.78, 5) is 4.39. The second-order valence-electron chi connectivity index (χ2n) is 5.64. The van der Waals surface area contributed by atoms with Crippen LogP contribution >= 0.6 is 24.0 Å². The zero-order valence-corrected chi connectivity index (χ0v) is 14.1. The minimum atomic E-state index is -0.419. The van der Waals surface area contributed by atoms with Crippen molar-refractivity contribution >= 4 is 24.0 Å². The van der Waals surface area contributed by atoms with Crippen molar-refractivity contribution in [1.82, 2.24) is 10.1 Å². The predicted octanol–water partition coefficient (Wildman–Crippen LogP) is 3.93. The van der Waals surface area contributed by atoms with Gasteiger partial charge in [-0.2, -0.15) is 4.98 Å². The fraction of sp³-hybridized carbons (Fsp3) is 0.467. The molecule has 1 aromatic carbocycles. The lowest BCUT2D eigenvalue weighted by Crippen LogP contribution is -2.44. The molecule has 1 aliphatic carbocycles. The molecule has 1 fully saturated rings. The zero-order chi connectivity index (χ0) is 15.0. The molecule has 120 valence electrons. The number of aromatic nitrogens is 2. The van der Waals surface area contributed by atoms with Crippen molar-refractivity contribution in [2.24, 2.45) is 5.73 Å². The van der Waals surface area contributed by atoms with Crippen LogP contribution in [0, 0.1) is 6.92 Å². The summed E-state index contributed by atoms with van der Waals surface area (Å²) in [5, 5.41) is 4.68. The highest BCUT2D eigenvalue weighted by Gasteiger charge is 2.39. The first-order chi connectivity index (χ1) is 9.98. The van der Waals surface area contributed by atoms with E-state index < -0.39 is 5.54 Å². The molecule has 3 rings (SSSR count). The van der Waals surface area contributed by atoms with Crippen LogP contribution in [-0.4, -0.2) is 10.1 Å². The molecule has 5 nitrogen and oxygen atoms in total. The molecule has 1 aromatic heterocycles. The van der Waals surface area contributed by atoms with Gasteiger partial charge in [0.25, 0.3) is 5.89 Å². The third-order valence-corrected chi connectivity index (χ3v) is 4.16. The van der Waals surface area contributed by atoms with Crippen LogP contribution in [-0.2, 0) is 5.54 Å². The van der Waals surface area contributed by atoms with Crippen molar-refractivity contribution in [3.05, 3.63) is 40.5 Å². The zero-order valence-electron chi connectivity index (χ0n) is 12.5. The molecule has 0 aliphatic heterocycles. The molecule has 1 aliphatic rings. The topological polar surface area (TPSA) is 74.2 Å². The highest BCUT2D eigenvalue weighted by molar-refractivity contribution is 6.30. The fourth-order valence-corrected chi connectivity index (χ4v) is 2.60. The lowest BCUT2D eigenvalue weighted by atomic mass is 9.77. The van der Waals surface area contributed by atoms with Crippen LogP contribution in [0.15, 0.2) is 22.7 Å². The molecule has 1 atom stereocenters. The van der Waals surface area contributed by atoms with Crippen LogP contribution in [0.4, 0.5) is 0 Å². The van der Waals surface area contributed by atoms with Crippen LogP contribution in [0.25, 0.3) is 0 Å². The Morgan fingerprint density at radius 1 is 1.41 bits per heavy atom. The van der Waals surface area contributed by atoms with E-state index in [-0.39, 0.29) is 18.5 Å². The summed E-state index contributed by atoms with van der Waals surface area (Å²) in [6.45, 7) is 3.81. The summed E-state index contributed by atoms with van der Waals surface area (Å²) < 4.78 is 11.2. The predicted molar refractivity (Wildman–Crippen MR) is 86.5 cm³/mol. The Balaban J connectivity index is 0.00000176. The molecule has 2 aromatic rings. The standard InChI is InChI=1S/C15H18ClN3O2.ClH/c1-9-8-11(16)4-5-12(9)20-10(2)13-18-14(19-21-13)15(17)6-3-7-15;/h4-5,8,10H,3,6-7,17H2,1-2H3;1H. The third kappa shape index (κ3) is 3.21. The van der Waals surface area contributed by atoms with Crippen LogP contribution in [0.1, 0.15) is 49.6 Å². The van der Waals surface area contributed by atoms with Gasteiger partial charge in [0.05, 0.1) is 5.54 Å². The number of halogens is 2. The monoisotopic (exact) mass is 343 g/mol. The maximum atomic E-state index is 6.19. The van der Waals surface area contributed by atoms with Gasteiger partial charge in [0.2, 0.25) is 0 Å². The number of hydrogen-bond acceptors (Lipinski definition) is 5. The van der Waals surface area contributed by atoms with Gasteiger partial charge < -0.3 is 15.0 Å². The van der Waals surface area contributed by atoms with E-state index in [1.807, 2.05) is 26.0 Å². The van der Waals surface area contributed by atoms with Crippen molar-refractivity contribution in [2.45, 2.75) is 44.8 Å². The highest BCUT2D eigenvalue weighted by atomic mass is 35.5. The van der Waals surface area contributed by atoms with Gasteiger partial charge in [0.1, 0.15) is 5.75 Å². The lowest BCUT2D eigenvalue weighted by molar-refractivity contribution is 0.173. The van der Waals surface area contributed by atoms with E-state index in [1.54, 1.807) is 6.07 Å². The number of ether oxygens (including phenoxy) is 1. The molecule has 0 saturated heterocycles. The first-order valence-corrected chi connectivity index (χ1v) is 7.41. The fourth-order valence-electron chi connectivity index (χ4n) is 2.37. The molecule has 22 heavy (non-hydrogen) atoms. The molecule has 1 unspecified atom stereocenters. The summed E-state index contributed by atoms with van der Waals surface area (Å²) in [6, 6.07) is 5.48. The van der Waals surface area contributed by atoms with E-state index in [1.165, 1.54) is 0 Å². The summed E-state index contributed by atoms with van der Waals surface area (Å²) >= 11 is 5.94. The Bertz CT molecular complexity index is 656. The van der Waals surface area contributed by atoms with Gasteiger partial charge in [-0.1, -0.05) is 16.8 Å². The Labute approximate surface area is 140 Å². The number of nitrogens with two attached hydrogens (primary N) is 1. The molecular formula is C15H19Cl2N3O2. The van der Waals surface area contributed by atoms with Crippen molar-refractivity contribution < 1.29 is 9.26 Å². The van der Waals surface area contributed by atoms with Gasteiger partial charge in [-0.05, 0) is 56.9 Å². The van der Waals surface area contributed by atoms with Crippen LogP contribution in [0.3, 0.4) is 0 Å². The molecule has 0 bridgehead atoms. The van der Waals surface area contributed by atoms with Gasteiger partial charge in [-0.3, -0.25) is 0 Å². The van der Waals surface area contributed by atoms with Crippen molar-refractivity contribution in [3.8, 4) is 5.75 Å². The number of benzene rings is 1. The average Bonchev–Trinajstić information content (AvgIpc) is 2.89. The van der Waals surface area contributed by atoms with Crippen LogP contribution in [0.2, 0.25) is 5.02 Å². The molecule has 0 spiro atoms. The normalized spacial score (nSPS) is 17.3. The third-order valence-electron chi connectivity index (χ3n) is 3.92. The van der Waals surface area contributed by atoms with E-state index in [0.717, 1.165) is 30.6 Å². The summed E-state index contributed by atoms with van der Waals surface area (Å²) in [7, 11) is 0. The molecule has 1 heterocycles. The van der Waals surface area contributed by atoms with E-state index in [9.17, 15) is 0 Å². The van der Waals surface area contributed by atoms with Gasteiger partial charge in [-0.15, -0.1) is 12.4 Å². The average molecular weight is 344 g/mol. The van der Waals surface area contributed by atoms with Gasteiger partial charge in [0.15, 0.2) is 11.9 Å².